The molecule has 6 heteroatoms. The van der Waals surface area contributed by atoms with Crippen LogP contribution in [-0.2, 0) is 0 Å². The first-order chi connectivity index (χ1) is 9.54. The minimum absolute atomic E-state index is 0.0604. The third-order valence-electron chi connectivity index (χ3n) is 2.82. The van der Waals surface area contributed by atoms with Crippen LogP contribution in [0.25, 0.3) is 0 Å². The Morgan fingerprint density at radius 1 is 0.700 bits per heavy atom. The number of fused-ring (bicyclic) bond motifs is 2. The Balaban J connectivity index is 2.03. The van der Waals surface area contributed by atoms with Crippen molar-refractivity contribution in [3.05, 3.63) is 47.5 Å². The van der Waals surface area contributed by atoms with E-state index < -0.39 is 11.9 Å². The van der Waals surface area contributed by atoms with Gasteiger partial charge in [0.2, 0.25) is 0 Å². The number of ether oxygens (including phenoxy) is 2. The van der Waals surface area contributed by atoms with Crippen LogP contribution in [0, 0.1) is 0 Å². The number of carbonyl (C=O) groups is 2. The molecule has 0 spiro atoms. The molecule has 6 nitrogen and oxygen atoms in total. The largest absolute Gasteiger partial charge is 0.478 e. The van der Waals surface area contributed by atoms with Crippen molar-refractivity contribution in [2.75, 3.05) is 0 Å². The van der Waals surface area contributed by atoms with Gasteiger partial charge >= 0.3 is 11.9 Å². The van der Waals surface area contributed by atoms with Crippen molar-refractivity contribution in [2.24, 2.45) is 0 Å². The first-order valence-corrected chi connectivity index (χ1v) is 5.65. The summed E-state index contributed by atoms with van der Waals surface area (Å²) in [7, 11) is 0. The van der Waals surface area contributed by atoms with Crippen LogP contribution in [-0.4, -0.2) is 22.2 Å². The molecule has 0 saturated heterocycles. The standard InChI is InChI=1S/C14H8O6/c15-13(16)7-1-3-9-11(5-7)20-12-6-8(14(17)18)2-4-10(12)19-9/h1-6H,(H,15,16)(H,17,18). The summed E-state index contributed by atoms with van der Waals surface area (Å²) in [6.07, 6.45) is 0. The molecule has 3 rings (SSSR count). The summed E-state index contributed by atoms with van der Waals surface area (Å²) in [6, 6.07) is 8.45. The molecule has 0 amide bonds. The van der Waals surface area contributed by atoms with E-state index in [2.05, 4.69) is 0 Å². The van der Waals surface area contributed by atoms with Crippen LogP contribution in [0.5, 0.6) is 23.0 Å². The van der Waals surface area contributed by atoms with Gasteiger partial charge in [0.1, 0.15) is 0 Å². The van der Waals surface area contributed by atoms with Gasteiger partial charge in [-0.15, -0.1) is 0 Å². The van der Waals surface area contributed by atoms with Gasteiger partial charge in [0.25, 0.3) is 0 Å². The average molecular weight is 272 g/mol. The smallest absolute Gasteiger partial charge is 0.335 e. The Kier molecular flexibility index (Phi) is 2.57. The molecular weight excluding hydrogens is 264 g/mol. The van der Waals surface area contributed by atoms with E-state index in [-0.39, 0.29) is 22.6 Å². The molecule has 100 valence electrons. The lowest BCUT2D eigenvalue weighted by Crippen LogP contribution is -2.04. The summed E-state index contributed by atoms with van der Waals surface area (Å²) in [4.78, 5) is 21.8. The Labute approximate surface area is 112 Å². The highest BCUT2D eigenvalue weighted by atomic mass is 16.6. The van der Waals surface area contributed by atoms with E-state index >= 15 is 0 Å². The molecule has 2 N–H and O–H groups in total. The molecule has 1 aliphatic heterocycles. The van der Waals surface area contributed by atoms with E-state index in [1.165, 1.54) is 36.4 Å². The Morgan fingerprint density at radius 2 is 1.10 bits per heavy atom. The summed E-state index contributed by atoms with van der Waals surface area (Å²) in [6.45, 7) is 0. The molecule has 0 radical (unpaired) electrons. The minimum Gasteiger partial charge on any atom is -0.478 e. The van der Waals surface area contributed by atoms with Crippen molar-refractivity contribution in [1.29, 1.82) is 0 Å². The zero-order valence-electron chi connectivity index (χ0n) is 9.99. The Morgan fingerprint density at radius 3 is 1.50 bits per heavy atom. The van der Waals surface area contributed by atoms with Crippen molar-refractivity contribution in [3.8, 4) is 23.0 Å². The van der Waals surface area contributed by atoms with E-state index in [0.29, 0.717) is 11.5 Å². The van der Waals surface area contributed by atoms with Gasteiger partial charge in [-0.2, -0.15) is 0 Å². The number of hydrogen-bond donors (Lipinski definition) is 2. The number of rotatable bonds is 2. The van der Waals surface area contributed by atoms with Gasteiger partial charge in [-0.05, 0) is 36.4 Å². The van der Waals surface area contributed by atoms with Gasteiger partial charge in [0.05, 0.1) is 11.1 Å². The van der Waals surface area contributed by atoms with Crippen LogP contribution in [0.15, 0.2) is 36.4 Å². The fraction of sp³-hybridized carbons (Fsp3) is 0. The zero-order chi connectivity index (χ0) is 14.3. The molecule has 0 unspecified atom stereocenters. The molecule has 0 fully saturated rings. The molecule has 0 bridgehead atoms. The molecule has 0 aliphatic carbocycles. The topological polar surface area (TPSA) is 93.1 Å². The second kappa shape index (κ2) is 4.27. The molecule has 2 aromatic rings. The van der Waals surface area contributed by atoms with Crippen LogP contribution >= 0.6 is 0 Å². The van der Waals surface area contributed by atoms with Gasteiger partial charge in [-0.25, -0.2) is 9.59 Å². The SMILES string of the molecule is O=C(O)c1ccc2c(c1)Oc1cc(C(=O)O)ccc1O2. The summed E-state index contributed by atoms with van der Waals surface area (Å²) < 4.78 is 11.0. The zero-order valence-corrected chi connectivity index (χ0v) is 9.99. The highest BCUT2D eigenvalue weighted by molar-refractivity contribution is 5.89. The third-order valence-corrected chi connectivity index (χ3v) is 2.82. The maximum Gasteiger partial charge on any atom is 0.335 e. The predicted molar refractivity (Wildman–Crippen MR) is 67.0 cm³/mol. The first kappa shape index (κ1) is 12.0. The highest BCUT2D eigenvalue weighted by Crippen LogP contribution is 2.45. The van der Waals surface area contributed by atoms with Gasteiger partial charge < -0.3 is 19.7 Å². The van der Waals surface area contributed by atoms with Gasteiger partial charge in [0, 0.05) is 0 Å². The molecular formula is C14H8O6. The number of benzene rings is 2. The second-order valence-electron chi connectivity index (χ2n) is 4.14. The van der Waals surface area contributed by atoms with Crippen LogP contribution < -0.4 is 9.47 Å². The van der Waals surface area contributed by atoms with E-state index in [0.717, 1.165) is 0 Å². The molecule has 0 saturated carbocycles. The molecule has 1 aliphatic rings. The fourth-order valence-corrected chi connectivity index (χ4v) is 1.85. The molecule has 0 atom stereocenters. The maximum atomic E-state index is 10.9. The lowest BCUT2D eigenvalue weighted by atomic mass is 10.1. The number of carboxylic acid groups (broad SMARTS) is 2. The molecule has 0 aromatic heterocycles. The van der Waals surface area contributed by atoms with Crippen molar-refractivity contribution in [3.63, 3.8) is 0 Å². The average Bonchev–Trinajstić information content (AvgIpc) is 2.43. The van der Waals surface area contributed by atoms with Crippen LogP contribution in [0.1, 0.15) is 20.7 Å². The fourth-order valence-electron chi connectivity index (χ4n) is 1.85. The van der Waals surface area contributed by atoms with E-state index in [1.807, 2.05) is 0 Å². The number of hydrogen-bond acceptors (Lipinski definition) is 4. The molecule has 1 heterocycles. The molecule has 2 aromatic carbocycles. The van der Waals surface area contributed by atoms with Crippen LogP contribution in [0.3, 0.4) is 0 Å². The van der Waals surface area contributed by atoms with E-state index in [9.17, 15) is 9.59 Å². The van der Waals surface area contributed by atoms with Crippen LogP contribution in [0.4, 0.5) is 0 Å². The Bertz CT molecular complexity index is 673. The number of aromatic carboxylic acids is 2. The lowest BCUT2D eigenvalue weighted by molar-refractivity contribution is 0.0686. The van der Waals surface area contributed by atoms with Gasteiger partial charge in [-0.1, -0.05) is 0 Å². The number of carboxylic acids is 2. The van der Waals surface area contributed by atoms with Crippen molar-refractivity contribution < 1.29 is 29.3 Å². The van der Waals surface area contributed by atoms with Crippen molar-refractivity contribution in [2.45, 2.75) is 0 Å². The van der Waals surface area contributed by atoms with Crippen molar-refractivity contribution >= 4 is 11.9 Å². The van der Waals surface area contributed by atoms with E-state index in [4.69, 9.17) is 19.7 Å². The predicted octanol–water partition coefficient (Wildman–Crippen LogP) is 2.98. The summed E-state index contributed by atoms with van der Waals surface area (Å²) in [5.41, 5.74) is 0.121. The highest BCUT2D eigenvalue weighted by Gasteiger charge is 2.21. The van der Waals surface area contributed by atoms with Gasteiger partial charge in [-0.3, -0.25) is 0 Å². The van der Waals surface area contributed by atoms with Crippen molar-refractivity contribution in [1.82, 2.24) is 0 Å². The summed E-state index contributed by atoms with van der Waals surface area (Å²) in [5, 5.41) is 17.8. The Hall–Kier alpha value is -3.02. The lowest BCUT2D eigenvalue weighted by Gasteiger charge is -2.20. The summed E-state index contributed by atoms with van der Waals surface area (Å²) >= 11 is 0. The summed E-state index contributed by atoms with van der Waals surface area (Å²) in [5.74, 6) is -0.931. The first-order valence-electron chi connectivity index (χ1n) is 5.65. The quantitative estimate of drug-likeness (QED) is 0.744. The minimum atomic E-state index is -1.08. The van der Waals surface area contributed by atoms with Crippen LogP contribution in [0.2, 0.25) is 0 Å². The monoisotopic (exact) mass is 272 g/mol. The van der Waals surface area contributed by atoms with Gasteiger partial charge in [0.15, 0.2) is 23.0 Å². The maximum absolute atomic E-state index is 10.9. The molecule has 20 heavy (non-hydrogen) atoms. The second-order valence-corrected chi connectivity index (χ2v) is 4.14. The van der Waals surface area contributed by atoms with E-state index in [1.54, 1.807) is 0 Å². The third kappa shape index (κ3) is 1.93. The normalized spacial score (nSPS) is 11.6.